The lowest BCUT2D eigenvalue weighted by molar-refractivity contribution is 0.0599. The molecule has 0 unspecified atom stereocenters. The van der Waals surface area contributed by atoms with Gasteiger partial charge in [-0.2, -0.15) is 5.10 Å². The number of hydrogen-bond acceptors (Lipinski definition) is 4. The summed E-state index contributed by atoms with van der Waals surface area (Å²) in [6, 6.07) is 14.3. The molecule has 0 spiro atoms. The Morgan fingerprint density at radius 1 is 1.04 bits per heavy atom. The molecule has 1 N–H and O–H groups in total. The quantitative estimate of drug-likeness (QED) is 0.715. The molecule has 0 bridgehead atoms. The highest BCUT2D eigenvalue weighted by Crippen LogP contribution is 2.21. The largest absolute Gasteiger partial charge is 0.465 e. The summed E-state index contributed by atoms with van der Waals surface area (Å²) in [5, 5.41) is 7.29. The van der Waals surface area contributed by atoms with E-state index in [2.05, 4.69) is 10.4 Å². The van der Waals surface area contributed by atoms with Crippen molar-refractivity contribution in [2.45, 2.75) is 20.8 Å². The molecule has 0 atom stereocenters. The van der Waals surface area contributed by atoms with E-state index >= 15 is 0 Å². The molecule has 0 aliphatic heterocycles. The first-order valence-corrected chi connectivity index (χ1v) is 8.53. The number of nitrogens with zero attached hydrogens (tertiary/aromatic N) is 2. The van der Waals surface area contributed by atoms with Crippen molar-refractivity contribution in [3.8, 4) is 5.69 Å². The molecule has 138 valence electrons. The van der Waals surface area contributed by atoms with Gasteiger partial charge < -0.3 is 10.1 Å². The molecule has 3 rings (SSSR count). The molecular formula is C21H21N3O3. The molecule has 6 nitrogen and oxygen atoms in total. The maximum absolute atomic E-state index is 12.6. The molecule has 3 aromatic rings. The normalized spacial score (nSPS) is 10.5. The Kier molecular flexibility index (Phi) is 5.07. The lowest BCUT2D eigenvalue weighted by atomic mass is 10.1. The molecule has 0 radical (unpaired) electrons. The monoisotopic (exact) mass is 363 g/mol. The van der Waals surface area contributed by atoms with Crippen molar-refractivity contribution in [1.82, 2.24) is 9.78 Å². The predicted molar refractivity (Wildman–Crippen MR) is 104 cm³/mol. The Bertz CT molecular complexity index is 1000. The van der Waals surface area contributed by atoms with Gasteiger partial charge in [0.05, 0.1) is 24.1 Å². The minimum atomic E-state index is -0.433. The molecule has 6 heteroatoms. The van der Waals surface area contributed by atoms with E-state index in [0.717, 1.165) is 17.1 Å². The third kappa shape index (κ3) is 3.74. The number of esters is 1. The Labute approximate surface area is 157 Å². The number of carbonyl (C=O) groups excluding carboxylic acids is 2. The Morgan fingerprint density at radius 2 is 1.74 bits per heavy atom. The Morgan fingerprint density at radius 3 is 2.33 bits per heavy atom. The predicted octanol–water partition coefficient (Wildman–Crippen LogP) is 3.84. The molecule has 1 amide bonds. The number of carbonyl (C=O) groups is 2. The number of nitrogens with one attached hydrogen (secondary N) is 1. The van der Waals surface area contributed by atoms with Gasteiger partial charge in [-0.15, -0.1) is 0 Å². The van der Waals surface area contributed by atoms with E-state index in [-0.39, 0.29) is 5.91 Å². The van der Waals surface area contributed by atoms with Crippen molar-refractivity contribution < 1.29 is 14.3 Å². The minimum absolute atomic E-state index is 0.250. The van der Waals surface area contributed by atoms with Crippen LogP contribution in [-0.4, -0.2) is 28.8 Å². The fourth-order valence-corrected chi connectivity index (χ4v) is 2.94. The van der Waals surface area contributed by atoms with Crippen LogP contribution in [-0.2, 0) is 4.74 Å². The van der Waals surface area contributed by atoms with E-state index in [1.165, 1.54) is 7.11 Å². The summed E-state index contributed by atoms with van der Waals surface area (Å²) in [6.45, 7) is 5.70. The van der Waals surface area contributed by atoms with E-state index in [4.69, 9.17) is 4.74 Å². The fourth-order valence-electron chi connectivity index (χ4n) is 2.94. The van der Waals surface area contributed by atoms with Gasteiger partial charge in [-0.3, -0.25) is 4.79 Å². The lowest BCUT2D eigenvalue weighted by Crippen LogP contribution is -2.14. The molecule has 0 saturated carbocycles. The van der Waals surface area contributed by atoms with E-state index in [1.807, 2.05) is 36.7 Å². The number of amides is 1. The number of ether oxygens (including phenoxy) is 1. The van der Waals surface area contributed by atoms with Crippen LogP contribution >= 0.6 is 0 Å². The summed E-state index contributed by atoms with van der Waals surface area (Å²) >= 11 is 0. The van der Waals surface area contributed by atoms with Crippen molar-refractivity contribution in [3.63, 3.8) is 0 Å². The average Bonchev–Trinajstić information content (AvgIpc) is 3.01. The number of rotatable bonds is 4. The van der Waals surface area contributed by atoms with Crippen LogP contribution in [0, 0.1) is 20.8 Å². The average molecular weight is 363 g/mol. The van der Waals surface area contributed by atoms with Gasteiger partial charge in [0.25, 0.3) is 5.91 Å². The maximum atomic E-state index is 12.6. The van der Waals surface area contributed by atoms with Crippen LogP contribution < -0.4 is 5.32 Å². The number of aromatic nitrogens is 2. The van der Waals surface area contributed by atoms with Crippen molar-refractivity contribution >= 4 is 17.6 Å². The first-order chi connectivity index (χ1) is 12.9. The van der Waals surface area contributed by atoms with Gasteiger partial charge >= 0.3 is 5.97 Å². The molecule has 27 heavy (non-hydrogen) atoms. The summed E-state index contributed by atoms with van der Waals surface area (Å²) in [7, 11) is 1.33. The van der Waals surface area contributed by atoms with Crippen LogP contribution in [0.3, 0.4) is 0 Å². The molecule has 0 fully saturated rings. The van der Waals surface area contributed by atoms with Crippen LogP contribution in [0.25, 0.3) is 5.69 Å². The topological polar surface area (TPSA) is 73.2 Å². The number of benzene rings is 2. The zero-order chi connectivity index (χ0) is 19.6. The van der Waals surface area contributed by atoms with Crippen molar-refractivity contribution in [2.24, 2.45) is 0 Å². The van der Waals surface area contributed by atoms with E-state index in [0.29, 0.717) is 22.4 Å². The van der Waals surface area contributed by atoms with Crippen LogP contribution in [0.15, 0.2) is 48.5 Å². The smallest absolute Gasteiger partial charge is 0.338 e. The van der Waals surface area contributed by atoms with Gasteiger partial charge in [-0.25, -0.2) is 9.48 Å². The standard InChI is InChI=1S/C21H21N3O3/c1-13-12-14(2)24(23-13)17-10-8-16(9-11-17)20(25)22-19-7-5-6-18(15(19)3)21(26)27-4/h5-12H,1-4H3,(H,22,25). The third-order valence-electron chi connectivity index (χ3n) is 4.37. The number of anilines is 1. The van der Waals surface area contributed by atoms with Crippen molar-refractivity contribution in [3.05, 3.63) is 76.6 Å². The van der Waals surface area contributed by atoms with Crippen molar-refractivity contribution in [2.75, 3.05) is 12.4 Å². The first-order valence-electron chi connectivity index (χ1n) is 8.53. The maximum Gasteiger partial charge on any atom is 0.338 e. The van der Waals surface area contributed by atoms with Crippen molar-refractivity contribution in [1.29, 1.82) is 0 Å². The molecule has 0 aliphatic carbocycles. The van der Waals surface area contributed by atoms with E-state index in [9.17, 15) is 9.59 Å². The van der Waals surface area contributed by atoms with E-state index in [1.54, 1.807) is 37.3 Å². The van der Waals surface area contributed by atoms with Gasteiger partial charge in [-0.05, 0) is 68.8 Å². The Hall–Kier alpha value is -3.41. The molecule has 1 heterocycles. The van der Waals surface area contributed by atoms with Gasteiger partial charge in [0.1, 0.15) is 0 Å². The highest BCUT2D eigenvalue weighted by Gasteiger charge is 2.14. The van der Waals surface area contributed by atoms with Gasteiger partial charge in [0.2, 0.25) is 0 Å². The van der Waals surface area contributed by atoms with Crippen LogP contribution in [0.2, 0.25) is 0 Å². The molecule has 0 aliphatic rings. The van der Waals surface area contributed by atoms with Gasteiger partial charge in [0, 0.05) is 16.9 Å². The van der Waals surface area contributed by atoms with Crippen LogP contribution in [0.4, 0.5) is 5.69 Å². The summed E-state index contributed by atoms with van der Waals surface area (Å²) in [5.41, 5.74) is 5.04. The van der Waals surface area contributed by atoms with Crippen LogP contribution in [0.1, 0.15) is 37.7 Å². The first kappa shape index (κ1) is 18.4. The zero-order valence-corrected chi connectivity index (χ0v) is 15.7. The molecule has 1 aromatic heterocycles. The zero-order valence-electron chi connectivity index (χ0n) is 15.7. The fraction of sp³-hybridized carbons (Fsp3) is 0.190. The van der Waals surface area contributed by atoms with Crippen LogP contribution in [0.5, 0.6) is 0 Å². The van der Waals surface area contributed by atoms with E-state index < -0.39 is 5.97 Å². The number of aryl methyl sites for hydroxylation is 2. The second kappa shape index (κ2) is 7.45. The minimum Gasteiger partial charge on any atom is -0.465 e. The molecule has 0 saturated heterocycles. The van der Waals surface area contributed by atoms with Gasteiger partial charge in [0.15, 0.2) is 0 Å². The van der Waals surface area contributed by atoms with Gasteiger partial charge in [-0.1, -0.05) is 6.07 Å². The SMILES string of the molecule is COC(=O)c1cccc(NC(=O)c2ccc(-n3nc(C)cc3C)cc2)c1C. The number of methoxy groups -OCH3 is 1. The highest BCUT2D eigenvalue weighted by atomic mass is 16.5. The number of hydrogen-bond donors (Lipinski definition) is 1. The summed E-state index contributed by atoms with van der Waals surface area (Å²) in [5.74, 6) is -0.683. The summed E-state index contributed by atoms with van der Waals surface area (Å²) < 4.78 is 6.60. The second-order valence-electron chi connectivity index (χ2n) is 6.31. The summed E-state index contributed by atoms with van der Waals surface area (Å²) in [4.78, 5) is 24.4. The highest BCUT2D eigenvalue weighted by molar-refractivity contribution is 6.05. The lowest BCUT2D eigenvalue weighted by Gasteiger charge is -2.12. The molecule has 2 aromatic carbocycles. The molecular weight excluding hydrogens is 342 g/mol. The summed E-state index contributed by atoms with van der Waals surface area (Å²) in [6.07, 6.45) is 0. The third-order valence-corrected chi connectivity index (χ3v) is 4.37. The Balaban J connectivity index is 1.81. The second-order valence-corrected chi connectivity index (χ2v) is 6.31.